The Balaban J connectivity index is 1.45. The van der Waals surface area contributed by atoms with E-state index in [1.807, 2.05) is 0 Å². The van der Waals surface area contributed by atoms with Crippen LogP contribution in [0.2, 0.25) is 0 Å². The highest BCUT2D eigenvalue weighted by atomic mass is 19.4. The zero-order valence-electron chi connectivity index (χ0n) is 17.2. The van der Waals surface area contributed by atoms with Crippen LogP contribution in [0, 0.1) is 0 Å². The fourth-order valence-electron chi connectivity index (χ4n) is 5.33. The van der Waals surface area contributed by atoms with Crippen molar-refractivity contribution < 1.29 is 26.4 Å². The number of aromatic nitrogens is 5. The van der Waals surface area contributed by atoms with Crippen LogP contribution in [-0.2, 0) is 24.1 Å². The van der Waals surface area contributed by atoms with E-state index in [-0.39, 0.29) is 22.7 Å². The third-order valence-electron chi connectivity index (χ3n) is 7.15. The van der Waals surface area contributed by atoms with Gasteiger partial charge in [-0.1, -0.05) is 18.2 Å². The standard InChI is InChI=1S/C21H20F5N5O/c1-31-15(12-4-2-3-5-13(12)21(24,25)26)27-29-17(31)19-6-9-20(10-7-19,11-8-19)18-30-28-16(32-18)14(22)23/h2-5,14H,6-11H2,1H3. The molecule has 0 radical (unpaired) electrons. The topological polar surface area (TPSA) is 69.6 Å². The summed E-state index contributed by atoms with van der Waals surface area (Å²) in [7, 11) is 1.69. The van der Waals surface area contributed by atoms with Crippen LogP contribution in [-0.4, -0.2) is 25.0 Å². The molecular weight excluding hydrogens is 433 g/mol. The molecule has 0 N–H and O–H groups in total. The Morgan fingerprint density at radius 3 is 2.12 bits per heavy atom. The number of fused-ring (bicyclic) bond motifs is 3. The monoisotopic (exact) mass is 453 g/mol. The molecule has 2 aromatic heterocycles. The van der Waals surface area contributed by atoms with E-state index in [4.69, 9.17) is 4.42 Å². The van der Waals surface area contributed by atoms with Crippen molar-refractivity contribution in [3.8, 4) is 11.4 Å². The largest absolute Gasteiger partial charge is 0.419 e. The van der Waals surface area contributed by atoms with Crippen LogP contribution in [0.25, 0.3) is 11.4 Å². The molecule has 0 unspecified atom stereocenters. The lowest BCUT2D eigenvalue weighted by molar-refractivity contribution is -0.137. The van der Waals surface area contributed by atoms with E-state index < -0.39 is 29.5 Å². The van der Waals surface area contributed by atoms with Gasteiger partial charge in [0.2, 0.25) is 5.89 Å². The summed E-state index contributed by atoms with van der Waals surface area (Å²) in [5.41, 5.74) is -1.53. The lowest BCUT2D eigenvalue weighted by Crippen LogP contribution is -2.47. The molecule has 6 rings (SSSR count). The van der Waals surface area contributed by atoms with Crippen molar-refractivity contribution in [3.63, 3.8) is 0 Å². The van der Waals surface area contributed by atoms with Gasteiger partial charge in [-0.3, -0.25) is 0 Å². The average Bonchev–Trinajstić information content (AvgIpc) is 3.42. The van der Waals surface area contributed by atoms with Crippen molar-refractivity contribution in [2.75, 3.05) is 0 Å². The first-order valence-corrected chi connectivity index (χ1v) is 10.3. The molecule has 0 aliphatic heterocycles. The predicted octanol–water partition coefficient (Wildman–Crippen LogP) is 5.37. The molecule has 3 aromatic rings. The van der Waals surface area contributed by atoms with E-state index in [1.165, 1.54) is 12.1 Å². The third kappa shape index (κ3) is 3.12. The predicted molar refractivity (Wildman–Crippen MR) is 102 cm³/mol. The van der Waals surface area contributed by atoms with Gasteiger partial charge in [-0.05, 0) is 44.6 Å². The van der Waals surface area contributed by atoms with E-state index in [0.717, 1.165) is 6.07 Å². The van der Waals surface area contributed by atoms with Crippen LogP contribution < -0.4 is 0 Å². The van der Waals surface area contributed by atoms with Crippen LogP contribution >= 0.6 is 0 Å². The molecular formula is C21H20F5N5O. The van der Waals surface area contributed by atoms with Gasteiger partial charge in [-0.25, -0.2) is 0 Å². The molecule has 32 heavy (non-hydrogen) atoms. The summed E-state index contributed by atoms with van der Waals surface area (Å²) >= 11 is 0. The Morgan fingerprint density at radius 2 is 1.53 bits per heavy atom. The molecule has 170 valence electrons. The van der Waals surface area contributed by atoms with E-state index in [9.17, 15) is 22.0 Å². The zero-order chi connectivity index (χ0) is 22.7. The zero-order valence-corrected chi connectivity index (χ0v) is 17.2. The first kappa shape index (κ1) is 21.0. The second kappa shape index (κ2) is 7.08. The molecule has 3 fully saturated rings. The van der Waals surface area contributed by atoms with Crippen molar-refractivity contribution in [1.29, 1.82) is 0 Å². The van der Waals surface area contributed by atoms with Crippen molar-refractivity contribution in [1.82, 2.24) is 25.0 Å². The summed E-state index contributed by atoms with van der Waals surface area (Å²) in [6, 6.07) is 5.33. The first-order chi connectivity index (χ1) is 15.2. The molecule has 3 aliphatic carbocycles. The Bertz CT molecular complexity index is 1130. The number of hydrogen-bond acceptors (Lipinski definition) is 5. The van der Waals surface area contributed by atoms with E-state index >= 15 is 0 Å². The molecule has 0 saturated heterocycles. The third-order valence-corrected chi connectivity index (χ3v) is 7.15. The van der Waals surface area contributed by atoms with Gasteiger partial charge in [0.1, 0.15) is 5.82 Å². The highest BCUT2D eigenvalue weighted by molar-refractivity contribution is 5.61. The van der Waals surface area contributed by atoms with Gasteiger partial charge in [0, 0.05) is 23.4 Å². The molecule has 3 saturated carbocycles. The smallest absolute Gasteiger partial charge is 0.417 e. The molecule has 1 aromatic carbocycles. The minimum Gasteiger partial charge on any atom is -0.419 e. The van der Waals surface area contributed by atoms with Gasteiger partial charge in [-0.2, -0.15) is 22.0 Å². The lowest BCUT2D eigenvalue weighted by atomic mass is 9.53. The summed E-state index contributed by atoms with van der Waals surface area (Å²) in [5.74, 6) is 0.400. The number of benzene rings is 1. The van der Waals surface area contributed by atoms with Gasteiger partial charge in [-0.15, -0.1) is 20.4 Å². The molecule has 2 heterocycles. The molecule has 3 aliphatic rings. The second-order valence-corrected chi connectivity index (χ2v) is 8.76. The number of alkyl halides is 5. The van der Waals surface area contributed by atoms with Gasteiger partial charge < -0.3 is 8.98 Å². The van der Waals surface area contributed by atoms with E-state index in [1.54, 1.807) is 17.7 Å². The molecule has 2 bridgehead atoms. The highest BCUT2D eigenvalue weighted by Crippen LogP contribution is 2.58. The normalized spacial score (nSPS) is 25.6. The lowest BCUT2D eigenvalue weighted by Gasteiger charge is -2.51. The Kier molecular flexibility index (Phi) is 4.65. The van der Waals surface area contributed by atoms with Gasteiger partial charge in [0.15, 0.2) is 5.82 Å². The SMILES string of the molecule is Cn1c(-c2ccccc2C(F)(F)F)nnc1C12CCC(c3nnc(C(F)F)o3)(CC1)CC2. The summed E-state index contributed by atoms with van der Waals surface area (Å²) in [4.78, 5) is 0. The summed E-state index contributed by atoms with van der Waals surface area (Å²) in [6.07, 6.45) is -3.30. The Morgan fingerprint density at radius 1 is 0.906 bits per heavy atom. The second-order valence-electron chi connectivity index (χ2n) is 8.76. The van der Waals surface area contributed by atoms with Crippen molar-refractivity contribution in [2.45, 2.75) is 62.0 Å². The quantitative estimate of drug-likeness (QED) is 0.497. The van der Waals surface area contributed by atoms with E-state index in [2.05, 4.69) is 20.4 Å². The summed E-state index contributed by atoms with van der Waals surface area (Å²) in [5, 5.41) is 15.8. The average molecular weight is 453 g/mol. The number of halogens is 5. The van der Waals surface area contributed by atoms with Gasteiger partial charge >= 0.3 is 12.6 Å². The summed E-state index contributed by atoms with van der Waals surface area (Å²) < 4.78 is 73.2. The molecule has 0 amide bonds. The van der Waals surface area contributed by atoms with E-state index in [0.29, 0.717) is 44.3 Å². The minimum atomic E-state index is -4.50. The Labute approximate surface area is 179 Å². The number of hydrogen-bond donors (Lipinski definition) is 0. The maximum Gasteiger partial charge on any atom is 0.417 e. The maximum absolute atomic E-state index is 13.5. The Hall–Kier alpha value is -2.85. The van der Waals surface area contributed by atoms with Crippen LogP contribution in [0.5, 0.6) is 0 Å². The van der Waals surface area contributed by atoms with Crippen LogP contribution in [0.15, 0.2) is 28.7 Å². The van der Waals surface area contributed by atoms with Crippen molar-refractivity contribution in [2.24, 2.45) is 7.05 Å². The van der Waals surface area contributed by atoms with Crippen LogP contribution in [0.1, 0.15) is 68.1 Å². The van der Waals surface area contributed by atoms with Gasteiger partial charge in [0.05, 0.1) is 5.56 Å². The number of rotatable bonds is 4. The van der Waals surface area contributed by atoms with Crippen molar-refractivity contribution in [3.05, 3.63) is 47.4 Å². The molecule has 11 heteroatoms. The molecule has 6 nitrogen and oxygen atoms in total. The van der Waals surface area contributed by atoms with Crippen LogP contribution in [0.4, 0.5) is 22.0 Å². The number of nitrogens with zero attached hydrogens (tertiary/aromatic N) is 5. The summed E-state index contributed by atoms with van der Waals surface area (Å²) in [6.45, 7) is 0. The molecule has 0 spiro atoms. The fraction of sp³-hybridized carbons (Fsp3) is 0.524. The fourth-order valence-corrected chi connectivity index (χ4v) is 5.33. The maximum atomic E-state index is 13.5. The molecule has 0 atom stereocenters. The minimum absolute atomic E-state index is 0.0102. The van der Waals surface area contributed by atoms with Gasteiger partial charge in [0.25, 0.3) is 5.89 Å². The highest BCUT2D eigenvalue weighted by Gasteiger charge is 2.54. The van der Waals surface area contributed by atoms with Crippen molar-refractivity contribution >= 4 is 0 Å². The first-order valence-electron chi connectivity index (χ1n) is 10.3. The van der Waals surface area contributed by atoms with Crippen LogP contribution in [0.3, 0.4) is 0 Å².